The van der Waals surface area contributed by atoms with Crippen LogP contribution < -0.4 is 0 Å². The molecule has 1 N–H and O–H groups in total. The third kappa shape index (κ3) is 3.66. The molecule has 1 aromatic carbocycles. The fourth-order valence-electron chi connectivity index (χ4n) is 2.58. The maximum atomic E-state index is 10.6. The highest BCUT2D eigenvalue weighted by molar-refractivity contribution is 5.44. The van der Waals surface area contributed by atoms with Crippen molar-refractivity contribution in [2.24, 2.45) is 0 Å². The molecule has 0 fully saturated rings. The number of hydrogen-bond donors (Lipinski definition) is 1. The standard InChI is InChI=1S/C19H26N2O/c1-14(17-11-6-7-12-20-17)21(5)13-15-9-8-10-16(18(15)22)19(2,3)4/h6-12,14,22H,13H2,1-5H3/t14-/m0/s1. The van der Waals surface area contributed by atoms with Crippen LogP contribution in [0.25, 0.3) is 0 Å². The molecule has 0 saturated heterocycles. The van der Waals surface area contributed by atoms with Crippen molar-refractivity contribution in [3.8, 4) is 5.75 Å². The van der Waals surface area contributed by atoms with Gasteiger partial charge in [0.25, 0.3) is 0 Å². The second-order valence-corrected chi connectivity index (χ2v) is 6.91. The zero-order chi connectivity index (χ0) is 16.3. The molecule has 0 unspecified atom stereocenters. The van der Waals surface area contributed by atoms with Gasteiger partial charge in [0.1, 0.15) is 5.75 Å². The Morgan fingerprint density at radius 2 is 1.86 bits per heavy atom. The summed E-state index contributed by atoms with van der Waals surface area (Å²) in [7, 11) is 2.06. The summed E-state index contributed by atoms with van der Waals surface area (Å²) in [6, 6.07) is 12.2. The number of aromatic hydroxyl groups is 1. The van der Waals surface area contributed by atoms with Crippen molar-refractivity contribution in [3.63, 3.8) is 0 Å². The van der Waals surface area contributed by atoms with Gasteiger partial charge in [-0.25, -0.2) is 0 Å². The van der Waals surface area contributed by atoms with Gasteiger partial charge in [-0.2, -0.15) is 0 Å². The van der Waals surface area contributed by atoms with Crippen molar-refractivity contribution in [1.82, 2.24) is 9.88 Å². The van der Waals surface area contributed by atoms with Crippen LogP contribution in [-0.4, -0.2) is 22.0 Å². The molecule has 0 radical (unpaired) electrons. The number of aromatic nitrogens is 1. The Morgan fingerprint density at radius 3 is 2.45 bits per heavy atom. The van der Waals surface area contributed by atoms with Gasteiger partial charge in [0.15, 0.2) is 0 Å². The van der Waals surface area contributed by atoms with Crippen LogP contribution in [0.2, 0.25) is 0 Å². The van der Waals surface area contributed by atoms with E-state index in [0.717, 1.165) is 16.8 Å². The van der Waals surface area contributed by atoms with Crippen LogP contribution >= 0.6 is 0 Å². The third-order valence-electron chi connectivity index (χ3n) is 4.12. The van der Waals surface area contributed by atoms with E-state index in [4.69, 9.17) is 0 Å². The molecule has 2 aromatic rings. The first-order valence-corrected chi connectivity index (χ1v) is 7.73. The van der Waals surface area contributed by atoms with Gasteiger partial charge in [0.2, 0.25) is 0 Å². The SMILES string of the molecule is C[C@@H](c1ccccn1)N(C)Cc1cccc(C(C)(C)C)c1O. The number of para-hydroxylation sites is 1. The van der Waals surface area contributed by atoms with E-state index in [-0.39, 0.29) is 11.5 Å². The number of hydrogen-bond acceptors (Lipinski definition) is 3. The average molecular weight is 298 g/mol. The second kappa shape index (κ2) is 6.49. The van der Waals surface area contributed by atoms with Crippen molar-refractivity contribution in [2.75, 3.05) is 7.05 Å². The lowest BCUT2D eigenvalue weighted by molar-refractivity contribution is 0.245. The van der Waals surface area contributed by atoms with Gasteiger partial charge in [-0.3, -0.25) is 9.88 Å². The Kier molecular flexibility index (Phi) is 4.87. The highest BCUT2D eigenvalue weighted by atomic mass is 16.3. The van der Waals surface area contributed by atoms with Crippen molar-refractivity contribution >= 4 is 0 Å². The van der Waals surface area contributed by atoms with E-state index in [1.807, 2.05) is 42.6 Å². The predicted octanol–water partition coefficient (Wildman–Crippen LogP) is 4.28. The average Bonchev–Trinajstić information content (AvgIpc) is 2.48. The number of benzene rings is 1. The zero-order valence-electron chi connectivity index (χ0n) is 14.2. The molecular weight excluding hydrogens is 272 g/mol. The third-order valence-corrected chi connectivity index (χ3v) is 4.12. The molecule has 0 bridgehead atoms. The minimum atomic E-state index is -0.0642. The van der Waals surface area contributed by atoms with E-state index >= 15 is 0 Å². The Labute approximate surface area is 133 Å². The van der Waals surface area contributed by atoms with Gasteiger partial charge in [0, 0.05) is 24.3 Å². The Bertz CT molecular complexity index is 617. The predicted molar refractivity (Wildman–Crippen MR) is 90.9 cm³/mol. The smallest absolute Gasteiger partial charge is 0.123 e. The Morgan fingerprint density at radius 1 is 1.14 bits per heavy atom. The van der Waals surface area contributed by atoms with E-state index in [1.54, 1.807) is 0 Å². The largest absolute Gasteiger partial charge is 0.507 e. The van der Waals surface area contributed by atoms with Gasteiger partial charge < -0.3 is 5.11 Å². The lowest BCUT2D eigenvalue weighted by Crippen LogP contribution is -2.23. The molecule has 1 heterocycles. The van der Waals surface area contributed by atoms with Crippen LogP contribution in [0.5, 0.6) is 5.75 Å². The summed E-state index contributed by atoms with van der Waals surface area (Å²) in [5, 5.41) is 10.6. The summed E-state index contributed by atoms with van der Waals surface area (Å²) in [4.78, 5) is 6.61. The molecule has 3 nitrogen and oxygen atoms in total. The molecule has 118 valence electrons. The molecular formula is C19H26N2O. The van der Waals surface area contributed by atoms with E-state index in [2.05, 4.69) is 44.6 Å². The molecule has 1 aromatic heterocycles. The summed E-state index contributed by atoms with van der Waals surface area (Å²) in [6.45, 7) is 9.17. The maximum Gasteiger partial charge on any atom is 0.123 e. The Balaban J connectivity index is 2.21. The molecule has 0 aliphatic heterocycles. The molecule has 22 heavy (non-hydrogen) atoms. The van der Waals surface area contributed by atoms with Crippen LogP contribution in [-0.2, 0) is 12.0 Å². The van der Waals surface area contributed by atoms with E-state index in [0.29, 0.717) is 12.3 Å². The van der Waals surface area contributed by atoms with Crippen LogP contribution in [0.4, 0.5) is 0 Å². The zero-order valence-corrected chi connectivity index (χ0v) is 14.2. The van der Waals surface area contributed by atoms with Gasteiger partial charge in [-0.1, -0.05) is 45.0 Å². The molecule has 0 spiro atoms. The minimum Gasteiger partial charge on any atom is -0.507 e. The molecule has 3 heteroatoms. The van der Waals surface area contributed by atoms with E-state index in [1.165, 1.54) is 0 Å². The summed E-state index contributed by atoms with van der Waals surface area (Å²) in [5.41, 5.74) is 2.92. The van der Waals surface area contributed by atoms with Crippen molar-refractivity contribution in [3.05, 3.63) is 59.4 Å². The van der Waals surface area contributed by atoms with Gasteiger partial charge >= 0.3 is 0 Å². The first kappa shape index (κ1) is 16.5. The fraction of sp³-hybridized carbons (Fsp3) is 0.421. The Hall–Kier alpha value is -1.87. The van der Waals surface area contributed by atoms with Crippen molar-refractivity contribution in [2.45, 2.75) is 45.7 Å². The number of rotatable bonds is 4. The van der Waals surface area contributed by atoms with Gasteiger partial charge in [0.05, 0.1) is 5.69 Å². The summed E-state index contributed by atoms with van der Waals surface area (Å²) in [6.07, 6.45) is 1.82. The van der Waals surface area contributed by atoms with Crippen molar-refractivity contribution in [1.29, 1.82) is 0 Å². The quantitative estimate of drug-likeness (QED) is 0.915. The minimum absolute atomic E-state index is 0.0642. The fourth-order valence-corrected chi connectivity index (χ4v) is 2.58. The molecule has 0 aliphatic carbocycles. The maximum absolute atomic E-state index is 10.6. The molecule has 0 saturated carbocycles. The first-order chi connectivity index (χ1) is 10.3. The van der Waals surface area contributed by atoms with Crippen LogP contribution in [0.1, 0.15) is 50.6 Å². The first-order valence-electron chi connectivity index (χ1n) is 7.73. The summed E-state index contributed by atoms with van der Waals surface area (Å²) >= 11 is 0. The molecule has 0 amide bonds. The van der Waals surface area contributed by atoms with E-state index in [9.17, 15) is 5.11 Å². The second-order valence-electron chi connectivity index (χ2n) is 6.91. The number of phenolic OH excluding ortho intramolecular Hbond substituents is 1. The monoisotopic (exact) mass is 298 g/mol. The van der Waals surface area contributed by atoms with Gasteiger partial charge in [-0.05, 0) is 37.1 Å². The summed E-state index contributed by atoms with van der Waals surface area (Å²) < 4.78 is 0. The highest BCUT2D eigenvalue weighted by Gasteiger charge is 2.21. The molecule has 0 aliphatic rings. The van der Waals surface area contributed by atoms with Crippen LogP contribution in [0, 0.1) is 0 Å². The number of nitrogens with zero attached hydrogens (tertiary/aromatic N) is 2. The normalized spacial score (nSPS) is 13.4. The molecule has 2 rings (SSSR count). The number of phenols is 1. The lowest BCUT2D eigenvalue weighted by Gasteiger charge is -2.27. The molecule has 1 atom stereocenters. The topological polar surface area (TPSA) is 36.4 Å². The lowest BCUT2D eigenvalue weighted by atomic mass is 9.85. The number of pyridine rings is 1. The summed E-state index contributed by atoms with van der Waals surface area (Å²) in [5.74, 6) is 0.412. The van der Waals surface area contributed by atoms with E-state index < -0.39 is 0 Å². The van der Waals surface area contributed by atoms with Crippen LogP contribution in [0.3, 0.4) is 0 Å². The van der Waals surface area contributed by atoms with Gasteiger partial charge in [-0.15, -0.1) is 0 Å². The highest BCUT2D eigenvalue weighted by Crippen LogP contribution is 2.34. The van der Waals surface area contributed by atoms with Crippen molar-refractivity contribution < 1.29 is 5.11 Å². The van der Waals surface area contributed by atoms with Crippen LogP contribution in [0.15, 0.2) is 42.6 Å².